The Hall–Kier alpha value is 1.32. The summed E-state index contributed by atoms with van der Waals surface area (Å²) in [5.74, 6) is 0. The van der Waals surface area contributed by atoms with Crippen molar-refractivity contribution in [1.82, 2.24) is 0 Å². The molecular formula is C6H14ClO8P3Sn+2. The molecule has 0 fully saturated rings. The molecule has 0 saturated carbocycles. The smallest absolute Gasteiger partial charge is 0.496 e. The number of halogens is 1. The van der Waals surface area contributed by atoms with Gasteiger partial charge in [0.05, 0.1) is 0 Å². The van der Waals surface area contributed by atoms with E-state index in [9.17, 15) is 28.4 Å². The van der Waals surface area contributed by atoms with Crippen molar-refractivity contribution < 1.29 is 37.0 Å². The van der Waals surface area contributed by atoms with Crippen LogP contribution in [-0.2, 0) is 22.3 Å². The van der Waals surface area contributed by atoms with Gasteiger partial charge in [-0.2, -0.15) is 0 Å². The number of rotatable bonds is 7. The van der Waals surface area contributed by atoms with Crippen LogP contribution in [0.4, 0.5) is 0 Å². The second kappa shape index (κ2) is 17.4. The predicted molar refractivity (Wildman–Crippen MR) is 66.9 cm³/mol. The minimum atomic E-state index is -5.25. The van der Waals surface area contributed by atoms with Crippen molar-refractivity contribution in [2.75, 3.05) is 6.38 Å². The van der Waals surface area contributed by atoms with Gasteiger partial charge in [0.1, 0.15) is 0 Å². The van der Waals surface area contributed by atoms with Crippen LogP contribution in [0, 0.1) is 0 Å². The third-order valence-corrected chi connectivity index (χ3v) is 4.79. The van der Waals surface area contributed by atoms with Crippen LogP contribution in [0.25, 0.3) is 0 Å². The first-order valence-corrected chi connectivity index (χ1v) is 11.2. The summed E-state index contributed by atoms with van der Waals surface area (Å²) in [7, 11) is -12.6. The molecule has 0 aromatic rings. The van der Waals surface area contributed by atoms with Crippen molar-refractivity contribution in [2.45, 2.75) is 30.6 Å². The van der Waals surface area contributed by atoms with Crippen molar-refractivity contribution in [3.05, 3.63) is 0 Å². The first-order valence-electron chi connectivity index (χ1n) is 4.76. The fraction of sp³-hybridized carbons (Fsp3) is 1.00. The largest absolute Gasteiger partial charge is 0.750 e. The molecule has 0 rings (SSSR count). The van der Waals surface area contributed by atoms with Crippen LogP contribution in [0.1, 0.15) is 26.2 Å². The molecule has 0 amide bonds. The van der Waals surface area contributed by atoms with E-state index < -0.39 is 24.3 Å². The molecule has 0 radical (unpaired) electrons. The summed E-state index contributed by atoms with van der Waals surface area (Å²) in [6, 6.07) is 0. The molecule has 110 valence electrons. The Morgan fingerprint density at radius 2 is 1.53 bits per heavy atom. The van der Waals surface area contributed by atoms with Crippen molar-refractivity contribution >= 4 is 58.5 Å². The van der Waals surface area contributed by atoms with E-state index in [2.05, 4.69) is 27.1 Å². The molecule has 0 saturated heterocycles. The molecule has 2 unspecified atom stereocenters. The first kappa shape index (κ1) is 25.3. The molecule has 0 aromatic carbocycles. The number of hydrogen-bond donors (Lipinski definition) is 0. The molecule has 0 aliphatic carbocycles. The van der Waals surface area contributed by atoms with Crippen LogP contribution in [0.2, 0.25) is 4.44 Å². The zero-order chi connectivity index (χ0) is 15.9. The maximum absolute atomic E-state index is 10.1. The van der Waals surface area contributed by atoms with Gasteiger partial charge in [-0.3, -0.25) is 4.57 Å². The molecule has 0 bridgehead atoms. The molecule has 0 N–H and O–H groups in total. The van der Waals surface area contributed by atoms with E-state index in [0.29, 0.717) is 0 Å². The monoisotopic (exact) mass is 462 g/mol. The molecule has 0 spiro atoms. The molecular weight excluding hydrogens is 447 g/mol. The van der Waals surface area contributed by atoms with Crippen LogP contribution in [0.15, 0.2) is 0 Å². The quantitative estimate of drug-likeness (QED) is 0.238. The summed E-state index contributed by atoms with van der Waals surface area (Å²) in [6.07, 6.45) is 5.73. The van der Waals surface area contributed by atoms with E-state index in [1.54, 1.807) is 22.5 Å². The molecule has 0 aliphatic rings. The Morgan fingerprint density at radius 1 is 1.16 bits per heavy atom. The normalized spacial score (nSPS) is 14.1. The number of hydrogen-bond acceptors (Lipinski definition) is 8. The molecule has 0 heterocycles. The summed E-state index contributed by atoms with van der Waals surface area (Å²) in [6.45, 7) is 2.24. The van der Waals surface area contributed by atoms with Crippen LogP contribution in [-0.4, -0.2) is 28.9 Å². The fourth-order valence-corrected chi connectivity index (χ4v) is 2.96. The molecule has 19 heavy (non-hydrogen) atoms. The van der Waals surface area contributed by atoms with Gasteiger partial charge in [0, 0.05) is 6.38 Å². The van der Waals surface area contributed by atoms with Gasteiger partial charge in [-0.1, -0.05) is 8.62 Å². The standard InChI is InChI=1S/C5H11.CH3Cl.HO8P3.Sn/c1-3-5-4-2;1-2;1-9(2)7-11(5,6)8-10(3)4;/h1,3-5H2,2H3;1H3;(H,5,6);/q;;;+3/p-1. The summed E-state index contributed by atoms with van der Waals surface area (Å²) in [5.41, 5.74) is 0. The topological polar surface area (TPSA) is 139 Å². The number of phosphoric acid groups is 1. The summed E-state index contributed by atoms with van der Waals surface area (Å²) in [5, 5.41) is 0. The molecule has 8 nitrogen and oxygen atoms in total. The second-order valence-electron chi connectivity index (χ2n) is 2.51. The number of unbranched alkanes of at least 4 members (excludes halogenated alkanes) is 2. The molecule has 0 aliphatic heterocycles. The van der Waals surface area contributed by atoms with Gasteiger partial charge < -0.3 is 14.7 Å². The third kappa shape index (κ3) is 28.3. The average molecular weight is 461 g/mol. The SMILES string of the molecule is CCCC[CH2][Sn+3].CCl.O=[P+]([O-])OP(=O)([O-])O[P+](=O)[O-]. The second-order valence-corrected chi connectivity index (χ2v) is 7.04. The van der Waals surface area contributed by atoms with E-state index in [-0.39, 0.29) is 0 Å². The van der Waals surface area contributed by atoms with Crippen molar-refractivity contribution in [1.29, 1.82) is 0 Å². The third-order valence-electron chi connectivity index (χ3n) is 1.11. The van der Waals surface area contributed by atoms with Gasteiger partial charge in [0.2, 0.25) is 0 Å². The summed E-state index contributed by atoms with van der Waals surface area (Å²) >= 11 is 6.33. The van der Waals surface area contributed by atoms with E-state index in [0.717, 1.165) is 0 Å². The Bertz CT molecular complexity index is 268. The average Bonchev–Trinajstić information content (AvgIpc) is 2.26. The maximum atomic E-state index is 10.1. The molecule has 2 atom stereocenters. The van der Waals surface area contributed by atoms with Crippen molar-refractivity contribution in [2.24, 2.45) is 0 Å². The van der Waals surface area contributed by atoms with Crippen molar-refractivity contribution in [3.8, 4) is 0 Å². The number of alkyl halides is 1. The summed E-state index contributed by atoms with van der Waals surface area (Å²) < 4.78 is 36.8. The zero-order valence-corrected chi connectivity index (χ0v) is 16.6. The summed E-state index contributed by atoms with van der Waals surface area (Å²) in [4.78, 5) is 29.2. The van der Waals surface area contributed by atoms with E-state index >= 15 is 0 Å². The van der Waals surface area contributed by atoms with Gasteiger partial charge >= 0.3 is 77.5 Å². The Labute approximate surface area is 132 Å². The van der Waals surface area contributed by atoms with Crippen LogP contribution in [0.5, 0.6) is 0 Å². The zero-order valence-electron chi connectivity index (χ0n) is 10.3. The van der Waals surface area contributed by atoms with E-state index in [1.807, 2.05) is 0 Å². The predicted octanol–water partition coefficient (Wildman–Crippen LogP) is 1.14. The Morgan fingerprint density at radius 3 is 1.68 bits per heavy atom. The minimum Gasteiger partial charge on any atom is -0.750 e. The van der Waals surface area contributed by atoms with Crippen molar-refractivity contribution in [3.63, 3.8) is 0 Å². The van der Waals surface area contributed by atoms with Crippen LogP contribution in [0.3, 0.4) is 0 Å². The minimum absolute atomic E-state index is 1.37. The van der Waals surface area contributed by atoms with Crippen LogP contribution >= 0.6 is 35.9 Å². The van der Waals surface area contributed by atoms with Gasteiger partial charge in [0.25, 0.3) is 0 Å². The van der Waals surface area contributed by atoms with Gasteiger partial charge in [0.15, 0.2) is 0 Å². The maximum Gasteiger partial charge on any atom is 0.496 e. The van der Waals surface area contributed by atoms with Gasteiger partial charge in [-0.25, -0.2) is 0 Å². The first-order chi connectivity index (χ1) is 8.75. The van der Waals surface area contributed by atoms with E-state index in [1.165, 1.54) is 30.1 Å². The van der Waals surface area contributed by atoms with Crippen LogP contribution < -0.4 is 14.7 Å². The van der Waals surface area contributed by atoms with Gasteiger partial charge in [-0.15, -0.1) is 11.6 Å². The van der Waals surface area contributed by atoms with Gasteiger partial charge in [-0.05, 0) is 9.13 Å². The Kier molecular flexibility index (Phi) is 23.1. The fourth-order valence-electron chi connectivity index (χ4n) is 0.553. The van der Waals surface area contributed by atoms with E-state index in [4.69, 9.17) is 0 Å². The molecule has 0 aromatic heterocycles. The Balaban J connectivity index is -0.000000271. The molecule has 13 heteroatoms.